The molecule has 0 saturated carbocycles. The maximum Gasteiger partial charge on any atom is 0.0178 e. The molecule has 0 aliphatic heterocycles. The second-order valence-electron chi connectivity index (χ2n) is 3.27. The molecule has 0 atom stereocenters. The molecule has 0 fully saturated rings. The fourth-order valence-electron chi connectivity index (χ4n) is 1.51. The Kier molecular flexibility index (Phi) is 5.30. The van der Waals surface area contributed by atoms with Gasteiger partial charge in [-0.1, -0.05) is 62.4 Å². The van der Waals surface area contributed by atoms with E-state index in [-0.39, 0.29) is 0 Å². The lowest BCUT2D eigenvalue weighted by Crippen LogP contribution is -1.95. The zero-order chi connectivity index (χ0) is 11.8. The molecule has 0 radical (unpaired) electrons. The lowest BCUT2D eigenvalue weighted by atomic mass is 10.0. The molecule has 16 heavy (non-hydrogen) atoms. The number of benzene rings is 2. The Morgan fingerprint density at radius 2 is 1.44 bits per heavy atom. The molecule has 0 aromatic heterocycles. The normalized spacial score (nSPS) is 9.19. The monoisotopic (exact) mass is 213 g/mol. The molecule has 2 aromatic rings. The van der Waals surface area contributed by atoms with Gasteiger partial charge >= 0.3 is 0 Å². The molecule has 1 heteroatoms. The number of hydrogen-bond acceptors (Lipinski definition) is 1. The summed E-state index contributed by atoms with van der Waals surface area (Å²) in [6.07, 6.45) is 0. The van der Waals surface area contributed by atoms with E-state index in [1.54, 1.807) is 0 Å². The molecule has 0 amide bonds. The molecule has 0 unspecified atom stereocenters. The Morgan fingerprint density at radius 1 is 0.812 bits per heavy atom. The van der Waals surface area contributed by atoms with Crippen LogP contribution in [0, 0.1) is 0 Å². The average Bonchev–Trinajstić information content (AvgIpc) is 2.42. The van der Waals surface area contributed by atoms with Crippen molar-refractivity contribution in [2.45, 2.75) is 20.4 Å². The van der Waals surface area contributed by atoms with E-state index in [1.165, 1.54) is 16.7 Å². The molecule has 0 spiro atoms. The van der Waals surface area contributed by atoms with Crippen molar-refractivity contribution < 1.29 is 0 Å². The standard InChI is InChI=1S/C13H13N.C2H6/c14-10-11-5-4-8-13(9-11)12-6-2-1-3-7-12;1-2/h1-9H,10,14H2;1-2H3. The summed E-state index contributed by atoms with van der Waals surface area (Å²) in [5.41, 5.74) is 9.24. The van der Waals surface area contributed by atoms with Gasteiger partial charge in [0.05, 0.1) is 0 Å². The quantitative estimate of drug-likeness (QED) is 0.806. The van der Waals surface area contributed by atoms with Gasteiger partial charge in [0.2, 0.25) is 0 Å². The van der Waals surface area contributed by atoms with Crippen LogP contribution < -0.4 is 5.73 Å². The lowest BCUT2D eigenvalue weighted by molar-refractivity contribution is 1.07. The molecule has 0 aliphatic carbocycles. The van der Waals surface area contributed by atoms with E-state index in [0.717, 1.165) is 0 Å². The molecule has 0 bridgehead atoms. The van der Waals surface area contributed by atoms with Gasteiger partial charge in [-0.2, -0.15) is 0 Å². The van der Waals surface area contributed by atoms with Gasteiger partial charge in [-0.15, -0.1) is 0 Å². The maximum absolute atomic E-state index is 5.60. The number of nitrogens with two attached hydrogens (primary N) is 1. The highest BCUT2D eigenvalue weighted by Crippen LogP contribution is 2.19. The molecule has 84 valence electrons. The first-order chi connectivity index (χ1) is 7.90. The van der Waals surface area contributed by atoms with Gasteiger partial charge in [-0.3, -0.25) is 0 Å². The summed E-state index contributed by atoms with van der Waals surface area (Å²) < 4.78 is 0. The Morgan fingerprint density at radius 3 is 2.06 bits per heavy atom. The third-order valence-corrected chi connectivity index (χ3v) is 2.27. The van der Waals surface area contributed by atoms with Gasteiger partial charge in [0, 0.05) is 6.54 Å². The largest absolute Gasteiger partial charge is 0.326 e. The Labute approximate surface area is 97.9 Å². The summed E-state index contributed by atoms with van der Waals surface area (Å²) in [5, 5.41) is 0. The molecule has 2 N–H and O–H groups in total. The van der Waals surface area contributed by atoms with E-state index in [1.807, 2.05) is 44.2 Å². The first kappa shape index (κ1) is 12.5. The van der Waals surface area contributed by atoms with Gasteiger partial charge in [0.25, 0.3) is 0 Å². The highest BCUT2D eigenvalue weighted by atomic mass is 14.5. The van der Waals surface area contributed by atoms with Crippen molar-refractivity contribution in [1.29, 1.82) is 0 Å². The summed E-state index contributed by atoms with van der Waals surface area (Å²) in [7, 11) is 0. The van der Waals surface area contributed by atoms with E-state index < -0.39 is 0 Å². The second kappa shape index (κ2) is 6.81. The zero-order valence-corrected chi connectivity index (χ0v) is 9.98. The van der Waals surface area contributed by atoms with E-state index in [0.29, 0.717) is 6.54 Å². The van der Waals surface area contributed by atoms with Gasteiger partial charge in [0.1, 0.15) is 0 Å². The van der Waals surface area contributed by atoms with Gasteiger partial charge in [-0.25, -0.2) is 0 Å². The van der Waals surface area contributed by atoms with Crippen molar-refractivity contribution in [1.82, 2.24) is 0 Å². The topological polar surface area (TPSA) is 26.0 Å². The number of rotatable bonds is 2. The zero-order valence-electron chi connectivity index (χ0n) is 9.98. The minimum atomic E-state index is 0.598. The summed E-state index contributed by atoms with van der Waals surface area (Å²) in [4.78, 5) is 0. The molecule has 2 rings (SSSR count). The van der Waals surface area contributed by atoms with E-state index in [4.69, 9.17) is 5.73 Å². The van der Waals surface area contributed by atoms with Crippen molar-refractivity contribution in [3.05, 3.63) is 60.2 Å². The third-order valence-electron chi connectivity index (χ3n) is 2.27. The summed E-state index contributed by atoms with van der Waals surface area (Å²) in [6.45, 7) is 4.60. The van der Waals surface area contributed by atoms with E-state index in [9.17, 15) is 0 Å². The Balaban J connectivity index is 0.000000606. The Bertz CT molecular complexity index is 407. The predicted molar refractivity (Wildman–Crippen MR) is 71.1 cm³/mol. The van der Waals surface area contributed by atoms with Crippen LogP contribution in [0.5, 0.6) is 0 Å². The smallest absolute Gasteiger partial charge is 0.0178 e. The maximum atomic E-state index is 5.60. The van der Waals surface area contributed by atoms with E-state index in [2.05, 4.69) is 24.3 Å². The summed E-state index contributed by atoms with van der Waals surface area (Å²) in [6, 6.07) is 18.7. The molecule has 2 aromatic carbocycles. The molecule has 0 heterocycles. The van der Waals surface area contributed by atoms with Crippen molar-refractivity contribution in [3.63, 3.8) is 0 Å². The molecular formula is C15H19N. The van der Waals surface area contributed by atoms with Gasteiger partial charge in [0.15, 0.2) is 0 Å². The molecule has 0 saturated heterocycles. The highest BCUT2D eigenvalue weighted by Gasteiger charge is 1.96. The van der Waals surface area contributed by atoms with Crippen LogP contribution in [0.1, 0.15) is 19.4 Å². The SMILES string of the molecule is CC.NCc1cccc(-c2ccccc2)c1. The van der Waals surface area contributed by atoms with Crippen LogP contribution in [0.25, 0.3) is 11.1 Å². The van der Waals surface area contributed by atoms with Crippen molar-refractivity contribution in [2.75, 3.05) is 0 Å². The van der Waals surface area contributed by atoms with Crippen molar-refractivity contribution in [2.24, 2.45) is 5.73 Å². The summed E-state index contributed by atoms with van der Waals surface area (Å²) in [5.74, 6) is 0. The number of hydrogen-bond donors (Lipinski definition) is 1. The average molecular weight is 213 g/mol. The minimum Gasteiger partial charge on any atom is -0.326 e. The first-order valence-electron chi connectivity index (χ1n) is 5.74. The van der Waals surface area contributed by atoms with Crippen LogP contribution in [0.3, 0.4) is 0 Å². The van der Waals surface area contributed by atoms with Crippen LogP contribution in [0.2, 0.25) is 0 Å². The molecule has 1 nitrogen and oxygen atoms in total. The van der Waals surface area contributed by atoms with Crippen LogP contribution in [0.4, 0.5) is 0 Å². The first-order valence-corrected chi connectivity index (χ1v) is 5.74. The van der Waals surface area contributed by atoms with Crippen molar-refractivity contribution in [3.8, 4) is 11.1 Å². The van der Waals surface area contributed by atoms with Crippen LogP contribution in [-0.2, 0) is 6.54 Å². The highest BCUT2D eigenvalue weighted by molar-refractivity contribution is 5.63. The van der Waals surface area contributed by atoms with Crippen LogP contribution in [0.15, 0.2) is 54.6 Å². The minimum absolute atomic E-state index is 0.598. The molecule has 0 aliphatic rings. The van der Waals surface area contributed by atoms with Crippen LogP contribution in [-0.4, -0.2) is 0 Å². The lowest BCUT2D eigenvalue weighted by Gasteiger charge is -2.03. The second-order valence-corrected chi connectivity index (χ2v) is 3.27. The third kappa shape index (κ3) is 3.21. The van der Waals surface area contributed by atoms with E-state index >= 15 is 0 Å². The van der Waals surface area contributed by atoms with Gasteiger partial charge < -0.3 is 5.73 Å². The van der Waals surface area contributed by atoms with Gasteiger partial charge in [-0.05, 0) is 22.8 Å². The predicted octanol–water partition coefficient (Wildman–Crippen LogP) is 3.84. The van der Waals surface area contributed by atoms with Crippen LogP contribution >= 0.6 is 0 Å². The molecular weight excluding hydrogens is 194 g/mol. The van der Waals surface area contributed by atoms with Crippen molar-refractivity contribution >= 4 is 0 Å². The summed E-state index contributed by atoms with van der Waals surface area (Å²) >= 11 is 0. The Hall–Kier alpha value is -1.60. The fourth-order valence-corrected chi connectivity index (χ4v) is 1.51. The fraction of sp³-hybridized carbons (Fsp3) is 0.200.